The van der Waals surface area contributed by atoms with E-state index in [1.807, 2.05) is 0 Å². The van der Waals surface area contributed by atoms with Crippen LogP contribution < -0.4 is 4.72 Å². The summed E-state index contributed by atoms with van der Waals surface area (Å²) in [5.74, 6) is 0.389. The number of piperidine rings is 1. The fourth-order valence-electron chi connectivity index (χ4n) is 2.15. The van der Waals surface area contributed by atoms with Crippen molar-refractivity contribution in [1.82, 2.24) is 19.2 Å². The van der Waals surface area contributed by atoms with Crippen molar-refractivity contribution < 1.29 is 18.0 Å². The molecule has 19 heavy (non-hydrogen) atoms. The quantitative estimate of drug-likeness (QED) is 0.716. The van der Waals surface area contributed by atoms with Crippen molar-refractivity contribution in [3.8, 4) is 0 Å². The summed E-state index contributed by atoms with van der Waals surface area (Å²) in [6.07, 6.45) is 4.08. The van der Waals surface area contributed by atoms with E-state index in [1.165, 1.54) is 10.6 Å². The zero-order valence-corrected chi connectivity index (χ0v) is 11.3. The lowest BCUT2D eigenvalue weighted by Crippen LogP contribution is -2.50. The topological polar surface area (TPSA) is 109 Å². The van der Waals surface area contributed by atoms with E-state index in [2.05, 4.69) is 14.9 Å². The maximum atomic E-state index is 12.1. The number of hydrogen-bond donors (Lipinski definition) is 2. The van der Waals surface area contributed by atoms with Crippen molar-refractivity contribution in [1.29, 1.82) is 0 Å². The van der Waals surface area contributed by atoms with Crippen molar-refractivity contribution in [2.45, 2.75) is 31.7 Å². The first-order valence-electron chi connectivity index (χ1n) is 6.26. The van der Waals surface area contributed by atoms with Gasteiger partial charge in [0.05, 0.1) is 6.61 Å². The molecule has 0 bridgehead atoms. The van der Waals surface area contributed by atoms with Gasteiger partial charge in [0.1, 0.15) is 0 Å². The molecule has 1 fully saturated rings. The van der Waals surface area contributed by atoms with E-state index in [9.17, 15) is 13.5 Å². The van der Waals surface area contributed by atoms with E-state index in [4.69, 9.17) is 4.52 Å². The van der Waals surface area contributed by atoms with Crippen molar-refractivity contribution >= 4 is 10.2 Å². The molecule has 1 aliphatic rings. The second-order valence-corrected chi connectivity index (χ2v) is 6.14. The SMILES string of the molecule is O=S(=O)(NCCc1ncno1)N1CCCCC1CO. The molecular weight excluding hydrogens is 272 g/mol. The van der Waals surface area contributed by atoms with Gasteiger partial charge >= 0.3 is 0 Å². The lowest BCUT2D eigenvalue weighted by molar-refractivity contribution is 0.154. The molecule has 0 amide bonds. The summed E-state index contributed by atoms with van der Waals surface area (Å²) in [6.45, 7) is 0.491. The van der Waals surface area contributed by atoms with Crippen LogP contribution >= 0.6 is 0 Å². The number of hydrogen-bond acceptors (Lipinski definition) is 6. The first-order valence-corrected chi connectivity index (χ1v) is 7.70. The molecule has 0 radical (unpaired) electrons. The van der Waals surface area contributed by atoms with Gasteiger partial charge in [0.15, 0.2) is 6.33 Å². The summed E-state index contributed by atoms with van der Waals surface area (Å²) in [6, 6.07) is -0.324. The number of aliphatic hydroxyl groups is 1. The first-order chi connectivity index (χ1) is 9.13. The van der Waals surface area contributed by atoms with Crippen LogP contribution in [-0.2, 0) is 16.6 Å². The number of aromatic nitrogens is 2. The Morgan fingerprint density at radius 3 is 3.05 bits per heavy atom. The van der Waals surface area contributed by atoms with E-state index < -0.39 is 10.2 Å². The van der Waals surface area contributed by atoms with Crippen molar-refractivity contribution in [2.75, 3.05) is 19.7 Å². The van der Waals surface area contributed by atoms with Gasteiger partial charge in [-0.3, -0.25) is 0 Å². The molecule has 9 heteroatoms. The van der Waals surface area contributed by atoms with Gasteiger partial charge in [-0.05, 0) is 12.8 Å². The first kappa shape index (κ1) is 14.4. The standard InChI is InChI=1S/C10H18N4O4S/c15-7-9-3-1-2-6-14(9)19(16,17)13-5-4-10-11-8-12-18-10/h8-9,13,15H,1-7H2. The minimum absolute atomic E-state index is 0.148. The van der Waals surface area contributed by atoms with Gasteiger partial charge in [-0.2, -0.15) is 17.7 Å². The van der Waals surface area contributed by atoms with E-state index in [-0.39, 0.29) is 19.2 Å². The molecule has 2 N–H and O–H groups in total. The number of nitrogens with zero attached hydrogens (tertiary/aromatic N) is 3. The Balaban J connectivity index is 1.89. The van der Waals surface area contributed by atoms with Crippen LogP contribution in [-0.4, -0.2) is 53.7 Å². The minimum Gasteiger partial charge on any atom is -0.395 e. The highest BCUT2D eigenvalue weighted by Crippen LogP contribution is 2.19. The lowest BCUT2D eigenvalue weighted by atomic mass is 10.1. The summed E-state index contributed by atoms with van der Waals surface area (Å²) in [5, 5.41) is 12.7. The van der Waals surface area contributed by atoms with Crippen LogP contribution in [0.4, 0.5) is 0 Å². The largest absolute Gasteiger partial charge is 0.395 e. The molecule has 2 heterocycles. The molecule has 108 valence electrons. The molecule has 0 spiro atoms. The van der Waals surface area contributed by atoms with Crippen molar-refractivity contribution in [2.24, 2.45) is 0 Å². The predicted octanol–water partition coefficient (Wildman–Crippen LogP) is -0.707. The van der Waals surface area contributed by atoms with Gasteiger partial charge in [0.2, 0.25) is 5.89 Å². The van der Waals surface area contributed by atoms with Crippen LogP contribution in [0.25, 0.3) is 0 Å². The molecule has 2 rings (SSSR count). The van der Waals surface area contributed by atoms with Gasteiger partial charge in [-0.1, -0.05) is 11.6 Å². The van der Waals surface area contributed by atoms with Gasteiger partial charge in [0.25, 0.3) is 10.2 Å². The zero-order valence-electron chi connectivity index (χ0n) is 10.5. The number of nitrogens with one attached hydrogen (secondary N) is 1. The molecule has 0 aromatic carbocycles. The maximum absolute atomic E-state index is 12.1. The Morgan fingerprint density at radius 2 is 2.37 bits per heavy atom. The minimum atomic E-state index is -3.56. The lowest BCUT2D eigenvalue weighted by Gasteiger charge is -2.33. The fourth-order valence-corrected chi connectivity index (χ4v) is 3.61. The Hall–Kier alpha value is -1.03. The molecule has 1 aromatic rings. The van der Waals surface area contributed by atoms with Crippen LogP contribution in [0, 0.1) is 0 Å². The highest BCUT2D eigenvalue weighted by Gasteiger charge is 2.31. The van der Waals surface area contributed by atoms with Crippen molar-refractivity contribution in [3.63, 3.8) is 0 Å². The van der Waals surface area contributed by atoms with Crippen LogP contribution in [0.5, 0.6) is 0 Å². The highest BCUT2D eigenvalue weighted by atomic mass is 32.2. The Labute approximate surface area is 112 Å². The third-order valence-corrected chi connectivity index (χ3v) is 4.79. The molecule has 1 atom stereocenters. The van der Waals surface area contributed by atoms with Crippen LogP contribution in [0.1, 0.15) is 25.2 Å². The predicted molar refractivity (Wildman–Crippen MR) is 66.4 cm³/mol. The van der Waals surface area contributed by atoms with E-state index in [0.717, 1.165) is 12.8 Å². The smallest absolute Gasteiger partial charge is 0.279 e. The highest BCUT2D eigenvalue weighted by molar-refractivity contribution is 7.87. The van der Waals surface area contributed by atoms with Gasteiger partial charge < -0.3 is 9.63 Å². The van der Waals surface area contributed by atoms with Gasteiger partial charge in [0, 0.05) is 25.6 Å². The molecule has 1 aromatic heterocycles. The molecule has 1 saturated heterocycles. The van der Waals surface area contributed by atoms with Crippen LogP contribution in [0.3, 0.4) is 0 Å². The Kier molecular flexibility index (Phi) is 4.86. The Morgan fingerprint density at radius 1 is 1.53 bits per heavy atom. The van der Waals surface area contributed by atoms with Gasteiger partial charge in [-0.25, -0.2) is 4.72 Å². The fraction of sp³-hybridized carbons (Fsp3) is 0.800. The van der Waals surface area contributed by atoms with E-state index in [1.54, 1.807) is 0 Å². The van der Waals surface area contributed by atoms with E-state index in [0.29, 0.717) is 25.3 Å². The number of rotatable bonds is 6. The van der Waals surface area contributed by atoms with Crippen molar-refractivity contribution in [3.05, 3.63) is 12.2 Å². The molecular formula is C10H18N4O4S. The van der Waals surface area contributed by atoms with Crippen LogP contribution in [0.2, 0.25) is 0 Å². The van der Waals surface area contributed by atoms with Gasteiger partial charge in [-0.15, -0.1) is 0 Å². The second-order valence-electron chi connectivity index (χ2n) is 4.43. The average molecular weight is 290 g/mol. The molecule has 1 unspecified atom stereocenters. The second kappa shape index (κ2) is 6.42. The maximum Gasteiger partial charge on any atom is 0.279 e. The summed E-state index contributed by atoms with van der Waals surface area (Å²) in [4.78, 5) is 3.81. The van der Waals surface area contributed by atoms with E-state index >= 15 is 0 Å². The molecule has 0 aliphatic carbocycles. The number of aliphatic hydroxyl groups excluding tert-OH is 1. The summed E-state index contributed by atoms with van der Waals surface area (Å²) in [7, 11) is -3.56. The summed E-state index contributed by atoms with van der Waals surface area (Å²) in [5.41, 5.74) is 0. The summed E-state index contributed by atoms with van der Waals surface area (Å²) < 4.78 is 32.9. The third-order valence-electron chi connectivity index (χ3n) is 3.12. The Bertz CT molecular complexity index is 476. The normalized spacial score (nSPS) is 21.6. The molecule has 8 nitrogen and oxygen atoms in total. The molecule has 0 saturated carbocycles. The zero-order chi connectivity index (χ0) is 13.7. The third kappa shape index (κ3) is 3.72. The molecule has 1 aliphatic heterocycles. The summed E-state index contributed by atoms with van der Waals surface area (Å²) >= 11 is 0. The average Bonchev–Trinajstić information content (AvgIpc) is 2.91. The monoisotopic (exact) mass is 290 g/mol. The van der Waals surface area contributed by atoms with Crippen LogP contribution in [0.15, 0.2) is 10.9 Å².